The Bertz CT molecular complexity index is 963. The third kappa shape index (κ3) is 4.15. The van der Waals surface area contributed by atoms with E-state index < -0.39 is 5.54 Å². The quantitative estimate of drug-likeness (QED) is 0.619. The predicted molar refractivity (Wildman–Crippen MR) is 111 cm³/mol. The minimum atomic E-state index is -0.763. The largest absolute Gasteiger partial charge is 0.465 e. The maximum absolute atomic E-state index is 12.9. The lowest BCUT2D eigenvalue weighted by Gasteiger charge is -2.28. The standard InChI is InChI=1S/C24H24N2O3/c1-2-28-23(27)24(14-18-8-3-4-9-19(18)15-24)26-16-20-10-5-6-12-22(20)29-21-11-7-13-25-17-21/h3-13,17,26H,2,14-16H2,1H3. The summed E-state index contributed by atoms with van der Waals surface area (Å²) in [6.07, 6.45) is 4.63. The van der Waals surface area contributed by atoms with Crippen molar-refractivity contribution < 1.29 is 14.3 Å². The van der Waals surface area contributed by atoms with E-state index in [1.165, 1.54) is 11.1 Å². The van der Waals surface area contributed by atoms with Crippen LogP contribution in [0.25, 0.3) is 0 Å². The molecular formula is C24H24N2O3. The predicted octanol–water partition coefficient (Wildman–Crippen LogP) is 4.06. The van der Waals surface area contributed by atoms with Crippen LogP contribution < -0.4 is 10.1 Å². The molecular weight excluding hydrogens is 364 g/mol. The van der Waals surface area contributed by atoms with Crippen LogP contribution in [0, 0.1) is 0 Å². The van der Waals surface area contributed by atoms with Gasteiger partial charge in [-0.25, -0.2) is 0 Å². The van der Waals surface area contributed by atoms with E-state index in [1.807, 2.05) is 55.5 Å². The van der Waals surface area contributed by atoms with Crippen molar-refractivity contribution in [2.24, 2.45) is 0 Å². The second-order valence-corrected chi connectivity index (χ2v) is 7.18. The molecule has 0 radical (unpaired) electrons. The van der Waals surface area contributed by atoms with Gasteiger partial charge in [0.15, 0.2) is 0 Å². The third-order valence-corrected chi connectivity index (χ3v) is 5.22. The number of nitrogens with one attached hydrogen (secondary N) is 1. The molecule has 1 aliphatic carbocycles. The van der Waals surface area contributed by atoms with E-state index in [0.717, 1.165) is 11.3 Å². The Morgan fingerprint density at radius 3 is 2.45 bits per heavy atom. The maximum atomic E-state index is 12.9. The molecule has 1 N–H and O–H groups in total. The Morgan fingerprint density at radius 2 is 1.76 bits per heavy atom. The molecule has 0 saturated heterocycles. The average Bonchev–Trinajstić information content (AvgIpc) is 3.14. The number of carbonyl (C=O) groups excluding carboxylic acids is 1. The van der Waals surface area contributed by atoms with E-state index in [2.05, 4.69) is 22.4 Å². The number of carbonyl (C=O) groups is 1. The monoisotopic (exact) mass is 388 g/mol. The SMILES string of the molecule is CCOC(=O)C1(NCc2ccccc2Oc2cccnc2)Cc2ccccc2C1. The number of aromatic nitrogens is 1. The molecule has 148 valence electrons. The van der Waals surface area contributed by atoms with E-state index in [9.17, 15) is 4.79 Å². The van der Waals surface area contributed by atoms with Gasteiger partial charge >= 0.3 is 5.97 Å². The fraction of sp³-hybridized carbons (Fsp3) is 0.250. The normalized spacial score (nSPS) is 14.2. The van der Waals surface area contributed by atoms with Crippen LogP contribution in [-0.4, -0.2) is 23.1 Å². The zero-order valence-corrected chi connectivity index (χ0v) is 16.4. The number of hydrogen-bond donors (Lipinski definition) is 1. The van der Waals surface area contributed by atoms with Crippen LogP contribution in [0.3, 0.4) is 0 Å². The number of pyridine rings is 1. The van der Waals surface area contributed by atoms with E-state index in [0.29, 0.717) is 31.7 Å². The summed E-state index contributed by atoms with van der Waals surface area (Å²) in [5.74, 6) is 1.21. The number of ether oxygens (including phenoxy) is 2. The smallest absolute Gasteiger partial charge is 0.327 e. The summed E-state index contributed by atoms with van der Waals surface area (Å²) >= 11 is 0. The first-order valence-corrected chi connectivity index (χ1v) is 9.85. The fourth-order valence-electron chi connectivity index (χ4n) is 3.77. The van der Waals surface area contributed by atoms with Crippen LogP contribution in [0.15, 0.2) is 73.1 Å². The highest BCUT2D eigenvalue weighted by molar-refractivity contribution is 5.83. The zero-order valence-electron chi connectivity index (χ0n) is 16.4. The second-order valence-electron chi connectivity index (χ2n) is 7.18. The van der Waals surface area contributed by atoms with Crippen LogP contribution in [0.5, 0.6) is 11.5 Å². The Morgan fingerprint density at radius 1 is 1.03 bits per heavy atom. The lowest BCUT2D eigenvalue weighted by atomic mass is 9.95. The summed E-state index contributed by atoms with van der Waals surface area (Å²) in [5.41, 5.74) is 2.58. The number of benzene rings is 2. The van der Waals surface area contributed by atoms with Crippen LogP contribution in [-0.2, 0) is 28.9 Å². The van der Waals surface area contributed by atoms with Gasteiger partial charge in [0.05, 0.1) is 12.8 Å². The van der Waals surface area contributed by atoms with Crippen molar-refractivity contribution in [3.63, 3.8) is 0 Å². The van der Waals surface area contributed by atoms with Crippen molar-refractivity contribution >= 4 is 5.97 Å². The summed E-state index contributed by atoms with van der Waals surface area (Å²) in [6, 6.07) is 19.7. The van der Waals surface area contributed by atoms with Gasteiger partial charge in [0.2, 0.25) is 0 Å². The van der Waals surface area contributed by atoms with E-state index in [4.69, 9.17) is 9.47 Å². The fourth-order valence-corrected chi connectivity index (χ4v) is 3.77. The molecule has 1 aliphatic rings. The van der Waals surface area contributed by atoms with Gasteiger partial charge in [0.25, 0.3) is 0 Å². The van der Waals surface area contributed by atoms with Crippen LogP contribution in [0.4, 0.5) is 0 Å². The van der Waals surface area contributed by atoms with E-state index in [-0.39, 0.29) is 5.97 Å². The van der Waals surface area contributed by atoms with Crippen LogP contribution >= 0.6 is 0 Å². The average molecular weight is 388 g/mol. The zero-order chi connectivity index (χ0) is 20.1. The molecule has 0 unspecified atom stereocenters. The molecule has 0 fully saturated rings. The highest BCUT2D eigenvalue weighted by atomic mass is 16.5. The topological polar surface area (TPSA) is 60.5 Å². The summed E-state index contributed by atoms with van der Waals surface area (Å²) in [5, 5.41) is 3.50. The van der Waals surface area contributed by atoms with Crippen molar-refractivity contribution in [2.75, 3.05) is 6.61 Å². The minimum absolute atomic E-state index is 0.207. The number of nitrogens with zero attached hydrogens (tertiary/aromatic N) is 1. The molecule has 29 heavy (non-hydrogen) atoms. The Labute approximate surface area is 170 Å². The second kappa shape index (κ2) is 8.45. The Kier molecular flexibility index (Phi) is 5.58. The third-order valence-electron chi connectivity index (χ3n) is 5.22. The Hall–Kier alpha value is -3.18. The first-order valence-electron chi connectivity index (χ1n) is 9.85. The van der Waals surface area contributed by atoms with Gasteiger partial charge in [-0.1, -0.05) is 42.5 Å². The molecule has 0 bridgehead atoms. The molecule has 5 heteroatoms. The van der Waals surface area contributed by atoms with Crippen molar-refractivity contribution in [1.82, 2.24) is 10.3 Å². The summed E-state index contributed by atoms with van der Waals surface area (Å²) in [7, 11) is 0. The van der Waals surface area contributed by atoms with Gasteiger partial charge in [-0.2, -0.15) is 0 Å². The van der Waals surface area contributed by atoms with Gasteiger partial charge in [-0.3, -0.25) is 15.1 Å². The van der Waals surface area contributed by atoms with Gasteiger partial charge in [-0.15, -0.1) is 0 Å². The highest BCUT2D eigenvalue weighted by Crippen LogP contribution is 2.32. The molecule has 0 saturated carbocycles. The summed E-state index contributed by atoms with van der Waals surface area (Å²) in [4.78, 5) is 17.0. The molecule has 0 atom stereocenters. The molecule has 1 aromatic heterocycles. The van der Waals surface area contributed by atoms with Gasteiger partial charge in [0.1, 0.15) is 17.0 Å². The molecule has 0 aliphatic heterocycles. The van der Waals surface area contributed by atoms with Gasteiger partial charge in [-0.05, 0) is 36.2 Å². The van der Waals surface area contributed by atoms with Crippen molar-refractivity contribution in [2.45, 2.75) is 31.8 Å². The molecule has 3 aromatic rings. The summed E-state index contributed by atoms with van der Waals surface area (Å²) < 4.78 is 11.4. The van der Waals surface area contributed by atoms with Crippen LogP contribution in [0.2, 0.25) is 0 Å². The van der Waals surface area contributed by atoms with E-state index >= 15 is 0 Å². The Balaban J connectivity index is 1.55. The molecule has 4 rings (SSSR count). The lowest BCUT2D eigenvalue weighted by molar-refractivity contribution is -0.151. The van der Waals surface area contributed by atoms with Crippen molar-refractivity contribution in [1.29, 1.82) is 0 Å². The molecule has 0 spiro atoms. The number of hydrogen-bond acceptors (Lipinski definition) is 5. The molecule has 1 heterocycles. The van der Waals surface area contributed by atoms with Gasteiger partial charge in [0, 0.05) is 31.1 Å². The number of para-hydroxylation sites is 1. The lowest BCUT2D eigenvalue weighted by Crippen LogP contribution is -2.53. The van der Waals surface area contributed by atoms with Crippen LogP contribution in [0.1, 0.15) is 23.6 Å². The molecule has 0 amide bonds. The first-order chi connectivity index (χ1) is 14.2. The van der Waals surface area contributed by atoms with Crippen molar-refractivity contribution in [3.8, 4) is 11.5 Å². The van der Waals surface area contributed by atoms with Gasteiger partial charge < -0.3 is 9.47 Å². The number of esters is 1. The number of rotatable bonds is 7. The molecule has 2 aromatic carbocycles. The minimum Gasteiger partial charge on any atom is -0.465 e. The summed E-state index contributed by atoms with van der Waals surface area (Å²) in [6.45, 7) is 2.69. The first kappa shape index (κ1) is 19.2. The maximum Gasteiger partial charge on any atom is 0.327 e. The highest BCUT2D eigenvalue weighted by Gasteiger charge is 2.44. The van der Waals surface area contributed by atoms with Crippen molar-refractivity contribution in [3.05, 3.63) is 89.7 Å². The number of fused-ring (bicyclic) bond motifs is 1. The molecule has 5 nitrogen and oxygen atoms in total. The van der Waals surface area contributed by atoms with E-state index in [1.54, 1.807) is 12.4 Å².